The molecule has 4 nitrogen and oxygen atoms in total. The Kier molecular flexibility index (Phi) is 5.34. The molecule has 22 heavy (non-hydrogen) atoms. The third-order valence-electron chi connectivity index (χ3n) is 3.21. The molecular weight excluding hydrogens is 345 g/mol. The number of halogens is 2. The van der Waals surface area contributed by atoms with Gasteiger partial charge in [-0.25, -0.2) is 8.42 Å². The molecule has 0 N–H and O–H groups in total. The number of hydrogen-bond acceptors (Lipinski definition) is 3. The molecule has 0 aliphatic rings. The molecule has 0 bridgehead atoms. The fourth-order valence-corrected chi connectivity index (χ4v) is 3.57. The summed E-state index contributed by atoms with van der Waals surface area (Å²) in [5.41, 5.74) is 0.574. The molecule has 0 aromatic heterocycles. The topological polar surface area (TPSA) is 46.6 Å². The highest BCUT2D eigenvalue weighted by atomic mass is 35.5. The van der Waals surface area contributed by atoms with E-state index >= 15 is 0 Å². The fourth-order valence-electron chi connectivity index (χ4n) is 1.92. The summed E-state index contributed by atoms with van der Waals surface area (Å²) in [6.07, 6.45) is 0. The van der Waals surface area contributed by atoms with Crippen LogP contribution in [0.3, 0.4) is 0 Å². The van der Waals surface area contributed by atoms with Crippen LogP contribution >= 0.6 is 23.2 Å². The van der Waals surface area contributed by atoms with Crippen LogP contribution in [0.25, 0.3) is 0 Å². The number of ether oxygens (including phenoxy) is 1. The molecule has 0 heterocycles. The Bertz CT molecular complexity index is 741. The van der Waals surface area contributed by atoms with Gasteiger partial charge in [-0.2, -0.15) is 4.31 Å². The first-order valence-corrected chi connectivity index (χ1v) is 8.59. The molecule has 0 saturated carbocycles. The molecule has 2 aromatic carbocycles. The van der Waals surface area contributed by atoms with Gasteiger partial charge in [-0.1, -0.05) is 29.3 Å². The smallest absolute Gasteiger partial charge is 0.243 e. The maximum Gasteiger partial charge on any atom is 0.243 e. The summed E-state index contributed by atoms with van der Waals surface area (Å²) in [7, 11) is -0.627. The summed E-state index contributed by atoms with van der Waals surface area (Å²) in [5.74, 6) is 0.593. The summed E-state index contributed by atoms with van der Waals surface area (Å²) in [4.78, 5) is 0.180. The molecule has 2 rings (SSSR count). The third kappa shape index (κ3) is 3.55. The summed E-state index contributed by atoms with van der Waals surface area (Å²) < 4.78 is 31.4. The highest BCUT2D eigenvalue weighted by Crippen LogP contribution is 2.27. The lowest BCUT2D eigenvalue weighted by molar-refractivity contribution is 0.414. The molecular formula is C15H15Cl2NO3S. The third-order valence-corrected chi connectivity index (χ3v) is 5.74. The van der Waals surface area contributed by atoms with E-state index in [-0.39, 0.29) is 11.4 Å². The van der Waals surface area contributed by atoms with Crippen LogP contribution in [0, 0.1) is 0 Å². The molecule has 0 fully saturated rings. The highest BCUT2D eigenvalue weighted by Gasteiger charge is 2.22. The number of rotatable bonds is 5. The largest absolute Gasteiger partial charge is 0.497 e. The maximum atomic E-state index is 12.6. The van der Waals surface area contributed by atoms with Crippen molar-refractivity contribution in [2.45, 2.75) is 11.4 Å². The van der Waals surface area contributed by atoms with E-state index in [4.69, 9.17) is 27.9 Å². The van der Waals surface area contributed by atoms with Crippen LogP contribution in [0.15, 0.2) is 47.4 Å². The van der Waals surface area contributed by atoms with Crippen LogP contribution in [0.4, 0.5) is 0 Å². The predicted octanol–water partition coefficient (Wildman–Crippen LogP) is 3.82. The number of nitrogens with zero attached hydrogens (tertiary/aromatic N) is 1. The first-order valence-electron chi connectivity index (χ1n) is 6.39. The van der Waals surface area contributed by atoms with Crippen molar-refractivity contribution in [1.29, 1.82) is 0 Å². The van der Waals surface area contributed by atoms with Crippen LogP contribution in [0.2, 0.25) is 10.0 Å². The minimum atomic E-state index is -3.64. The van der Waals surface area contributed by atoms with Crippen molar-refractivity contribution < 1.29 is 13.2 Å². The van der Waals surface area contributed by atoms with Crippen LogP contribution in [0.1, 0.15) is 5.56 Å². The van der Waals surface area contributed by atoms with E-state index in [9.17, 15) is 8.42 Å². The molecule has 0 atom stereocenters. The number of benzene rings is 2. The average molecular weight is 360 g/mol. The van der Waals surface area contributed by atoms with Gasteiger partial charge in [0.25, 0.3) is 0 Å². The summed E-state index contributed by atoms with van der Waals surface area (Å²) in [6.45, 7) is 0.0901. The summed E-state index contributed by atoms with van der Waals surface area (Å²) in [5, 5.41) is 0.869. The Balaban J connectivity index is 2.28. The molecule has 118 valence electrons. The monoisotopic (exact) mass is 359 g/mol. The van der Waals surface area contributed by atoms with E-state index in [0.29, 0.717) is 21.4 Å². The van der Waals surface area contributed by atoms with Crippen LogP contribution in [-0.2, 0) is 16.6 Å². The van der Waals surface area contributed by atoms with Crippen LogP contribution < -0.4 is 4.74 Å². The van der Waals surface area contributed by atoms with E-state index in [1.54, 1.807) is 30.3 Å². The van der Waals surface area contributed by atoms with Crippen molar-refractivity contribution in [2.24, 2.45) is 0 Å². The van der Waals surface area contributed by atoms with Gasteiger partial charge >= 0.3 is 0 Å². The van der Waals surface area contributed by atoms with Gasteiger partial charge in [0, 0.05) is 29.2 Å². The Morgan fingerprint density at radius 3 is 2.09 bits per heavy atom. The van der Waals surface area contributed by atoms with Crippen molar-refractivity contribution in [2.75, 3.05) is 14.2 Å². The van der Waals surface area contributed by atoms with Crippen molar-refractivity contribution in [3.8, 4) is 5.75 Å². The van der Waals surface area contributed by atoms with E-state index in [1.807, 2.05) is 0 Å². The SMILES string of the molecule is COc1ccc(S(=O)(=O)N(C)Cc2c(Cl)cccc2Cl)cc1. The van der Waals surface area contributed by atoms with E-state index in [0.717, 1.165) is 0 Å². The van der Waals surface area contributed by atoms with E-state index in [2.05, 4.69) is 0 Å². The lowest BCUT2D eigenvalue weighted by Gasteiger charge is -2.19. The van der Waals surface area contributed by atoms with Crippen molar-refractivity contribution in [3.05, 3.63) is 58.1 Å². The molecule has 0 aliphatic heterocycles. The molecule has 2 aromatic rings. The number of methoxy groups -OCH3 is 1. The van der Waals surface area contributed by atoms with Gasteiger partial charge in [0.15, 0.2) is 0 Å². The molecule has 0 radical (unpaired) electrons. The minimum Gasteiger partial charge on any atom is -0.497 e. The Labute approximate surface area is 140 Å². The van der Waals surface area contributed by atoms with Gasteiger partial charge in [-0.15, -0.1) is 0 Å². The normalized spacial score (nSPS) is 11.7. The first kappa shape index (κ1) is 17.1. The van der Waals surface area contributed by atoms with Crippen molar-refractivity contribution in [3.63, 3.8) is 0 Å². The van der Waals surface area contributed by atoms with Gasteiger partial charge in [0.2, 0.25) is 10.0 Å². The van der Waals surface area contributed by atoms with E-state index in [1.165, 1.54) is 30.6 Å². The summed E-state index contributed by atoms with van der Waals surface area (Å²) >= 11 is 12.2. The zero-order chi connectivity index (χ0) is 16.3. The minimum absolute atomic E-state index is 0.0901. The second-order valence-electron chi connectivity index (χ2n) is 4.64. The number of hydrogen-bond donors (Lipinski definition) is 0. The molecule has 0 spiro atoms. The van der Waals surface area contributed by atoms with Gasteiger partial charge in [-0.3, -0.25) is 0 Å². The lowest BCUT2D eigenvalue weighted by atomic mass is 10.2. The quantitative estimate of drug-likeness (QED) is 0.814. The second kappa shape index (κ2) is 6.87. The lowest BCUT2D eigenvalue weighted by Crippen LogP contribution is -2.26. The van der Waals surface area contributed by atoms with Crippen LogP contribution in [-0.4, -0.2) is 26.9 Å². The van der Waals surface area contributed by atoms with Crippen molar-refractivity contribution in [1.82, 2.24) is 4.31 Å². The second-order valence-corrected chi connectivity index (χ2v) is 7.50. The Morgan fingerprint density at radius 1 is 1.05 bits per heavy atom. The molecule has 0 saturated heterocycles. The van der Waals surface area contributed by atoms with E-state index < -0.39 is 10.0 Å². The zero-order valence-corrected chi connectivity index (χ0v) is 14.4. The summed E-state index contributed by atoms with van der Waals surface area (Å²) in [6, 6.07) is 11.3. The average Bonchev–Trinajstić information content (AvgIpc) is 2.51. The molecule has 7 heteroatoms. The number of sulfonamides is 1. The highest BCUT2D eigenvalue weighted by molar-refractivity contribution is 7.89. The standard InChI is InChI=1S/C15H15Cl2NO3S/c1-18(10-13-14(16)4-3-5-15(13)17)22(19,20)12-8-6-11(21-2)7-9-12/h3-9H,10H2,1-2H3. The molecule has 0 aliphatic carbocycles. The van der Waals surface area contributed by atoms with Gasteiger partial charge in [-0.05, 0) is 36.4 Å². The van der Waals surface area contributed by atoms with Gasteiger partial charge in [0.1, 0.15) is 5.75 Å². The fraction of sp³-hybridized carbons (Fsp3) is 0.200. The van der Waals surface area contributed by atoms with Crippen LogP contribution in [0.5, 0.6) is 5.75 Å². The van der Waals surface area contributed by atoms with Gasteiger partial charge < -0.3 is 4.74 Å². The maximum absolute atomic E-state index is 12.6. The predicted molar refractivity (Wildman–Crippen MR) is 88.1 cm³/mol. The molecule has 0 amide bonds. The zero-order valence-electron chi connectivity index (χ0n) is 12.1. The van der Waals surface area contributed by atoms with Crippen molar-refractivity contribution >= 4 is 33.2 Å². The molecule has 0 unspecified atom stereocenters. The van der Waals surface area contributed by atoms with Gasteiger partial charge in [0.05, 0.1) is 12.0 Å². The first-order chi connectivity index (χ1) is 10.4. The Morgan fingerprint density at radius 2 is 1.59 bits per heavy atom. The Hall–Kier alpha value is -1.27.